The van der Waals surface area contributed by atoms with E-state index in [1.165, 1.54) is 0 Å². The van der Waals surface area contributed by atoms with E-state index in [0.29, 0.717) is 29.3 Å². The van der Waals surface area contributed by atoms with Gasteiger partial charge < -0.3 is 13.9 Å². The zero-order valence-electron chi connectivity index (χ0n) is 15.3. The lowest BCUT2D eigenvalue weighted by Gasteiger charge is -2.32. The molecule has 4 rings (SSSR count). The molecule has 1 fully saturated rings. The summed E-state index contributed by atoms with van der Waals surface area (Å²) in [5.74, 6) is 2.19. The number of hydrogen-bond acceptors (Lipinski definition) is 8. The Labute approximate surface area is 162 Å². The third-order valence-electron chi connectivity index (χ3n) is 4.52. The van der Waals surface area contributed by atoms with Crippen molar-refractivity contribution in [2.75, 3.05) is 31.1 Å². The number of piperazine rings is 1. The van der Waals surface area contributed by atoms with Crippen molar-refractivity contribution in [3.63, 3.8) is 0 Å². The number of nitrogens with zero attached hydrogens (tertiary/aromatic N) is 6. The molecule has 0 N–H and O–H groups in total. The van der Waals surface area contributed by atoms with Crippen LogP contribution in [0.5, 0.6) is 0 Å². The molecular formula is C18H21ClN6O2. The maximum Gasteiger partial charge on any atom is 0.324 e. The van der Waals surface area contributed by atoms with Gasteiger partial charge in [0.2, 0.25) is 11.7 Å². The Kier molecular flexibility index (Phi) is 5.09. The maximum absolute atomic E-state index is 5.92. The quantitative estimate of drug-likeness (QED) is 0.658. The van der Waals surface area contributed by atoms with E-state index in [1.54, 1.807) is 0 Å². The van der Waals surface area contributed by atoms with Crippen molar-refractivity contribution in [1.29, 1.82) is 0 Å². The van der Waals surface area contributed by atoms with Crippen molar-refractivity contribution < 1.29 is 9.05 Å². The maximum atomic E-state index is 5.92. The molecule has 27 heavy (non-hydrogen) atoms. The van der Waals surface area contributed by atoms with Crippen LogP contribution in [0.15, 0.2) is 33.3 Å². The molecule has 0 amide bonds. The topological polar surface area (TPSA) is 84.3 Å². The predicted octanol–water partition coefficient (Wildman–Crippen LogP) is 3.22. The number of aromatic nitrogens is 4. The molecule has 3 heterocycles. The minimum atomic E-state index is 0.260. The smallest absolute Gasteiger partial charge is 0.324 e. The van der Waals surface area contributed by atoms with Crippen LogP contribution < -0.4 is 4.90 Å². The van der Waals surface area contributed by atoms with Crippen LogP contribution >= 0.6 is 11.6 Å². The highest BCUT2D eigenvalue weighted by Crippen LogP contribution is 2.21. The van der Waals surface area contributed by atoms with Crippen molar-refractivity contribution in [3.05, 3.63) is 41.0 Å². The zero-order chi connectivity index (χ0) is 18.8. The van der Waals surface area contributed by atoms with E-state index >= 15 is 0 Å². The van der Waals surface area contributed by atoms with Gasteiger partial charge in [0.1, 0.15) is 0 Å². The standard InChI is InChI=1S/C18H21ClN6O2/c1-12(2)16-21-18(27-22-16)25-9-7-24(8-10-25)11-15-20-17(23-26-15)13-3-5-14(19)6-4-13/h3-6,12H,7-11H2,1-2H3. The molecule has 0 bridgehead atoms. The first-order valence-corrected chi connectivity index (χ1v) is 9.36. The molecule has 142 valence electrons. The third kappa shape index (κ3) is 4.12. The highest BCUT2D eigenvalue weighted by Gasteiger charge is 2.23. The summed E-state index contributed by atoms with van der Waals surface area (Å²) < 4.78 is 10.8. The van der Waals surface area contributed by atoms with E-state index in [1.807, 2.05) is 24.3 Å². The molecule has 1 aliphatic rings. The number of benzene rings is 1. The first kappa shape index (κ1) is 17.9. The molecule has 0 atom stereocenters. The summed E-state index contributed by atoms with van der Waals surface area (Å²) in [6, 6.07) is 7.99. The van der Waals surface area contributed by atoms with Gasteiger partial charge in [-0.15, -0.1) is 0 Å². The highest BCUT2D eigenvalue weighted by molar-refractivity contribution is 6.30. The van der Waals surface area contributed by atoms with Crippen molar-refractivity contribution in [2.24, 2.45) is 0 Å². The van der Waals surface area contributed by atoms with Gasteiger partial charge in [0, 0.05) is 42.7 Å². The molecular weight excluding hydrogens is 368 g/mol. The van der Waals surface area contributed by atoms with E-state index in [-0.39, 0.29) is 5.92 Å². The number of rotatable bonds is 5. The second kappa shape index (κ2) is 7.66. The number of halogens is 1. The van der Waals surface area contributed by atoms with Crippen LogP contribution in [-0.2, 0) is 6.54 Å². The summed E-state index contributed by atoms with van der Waals surface area (Å²) in [4.78, 5) is 13.3. The van der Waals surface area contributed by atoms with Crippen LogP contribution in [0.4, 0.5) is 6.01 Å². The summed E-state index contributed by atoms with van der Waals surface area (Å²) in [7, 11) is 0. The van der Waals surface area contributed by atoms with Crippen molar-refractivity contribution in [3.8, 4) is 11.4 Å². The van der Waals surface area contributed by atoms with Crippen LogP contribution in [0.25, 0.3) is 11.4 Å². The van der Waals surface area contributed by atoms with Gasteiger partial charge in [-0.2, -0.15) is 9.97 Å². The summed E-state index contributed by atoms with van der Waals surface area (Å²) in [6.45, 7) is 8.08. The molecule has 1 aromatic carbocycles. The van der Waals surface area contributed by atoms with Gasteiger partial charge in [0.15, 0.2) is 5.82 Å². The third-order valence-corrected chi connectivity index (χ3v) is 4.77. The molecule has 1 aliphatic heterocycles. The zero-order valence-corrected chi connectivity index (χ0v) is 16.1. The van der Waals surface area contributed by atoms with Gasteiger partial charge in [-0.1, -0.05) is 35.8 Å². The van der Waals surface area contributed by atoms with E-state index < -0.39 is 0 Å². The molecule has 8 nitrogen and oxygen atoms in total. The van der Waals surface area contributed by atoms with Crippen molar-refractivity contribution in [1.82, 2.24) is 25.2 Å². The Balaban J connectivity index is 1.33. The van der Waals surface area contributed by atoms with E-state index in [4.69, 9.17) is 20.6 Å². The van der Waals surface area contributed by atoms with Crippen LogP contribution in [0.3, 0.4) is 0 Å². The van der Waals surface area contributed by atoms with Crippen molar-refractivity contribution >= 4 is 17.6 Å². The Morgan fingerprint density at radius 1 is 1.00 bits per heavy atom. The Morgan fingerprint density at radius 3 is 2.41 bits per heavy atom. The molecule has 9 heteroatoms. The number of hydrogen-bond donors (Lipinski definition) is 0. The summed E-state index contributed by atoms with van der Waals surface area (Å²) in [6.07, 6.45) is 0. The van der Waals surface area contributed by atoms with Gasteiger partial charge in [0.05, 0.1) is 6.54 Å². The second-order valence-corrected chi connectivity index (χ2v) is 7.31. The molecule has 0 spiro atoms. The van der Waals surface area contributed by atoms with Gasteiger partial charge in [-0.05, 0) is 24.3 Å². The first-order chi connectivity index (χ1) is 13.1. The van der Waals surface area contributed by atoms with Gasteiger partial charge in [-0.25, -0.2) is 0 Å². The summed E-state index contributed by atoms with van der Waals surface area (Å²) in [5, 5.41) is 8.78. The van der Waals surface area contributed by atoms with Crippen LogP contribution in [0.2, 0.25) is 5.02 Å². The molecule has 0 unspecified atom stereocenters. The predicted molar refractivity (Wildman–Crippen MR) is 101 cm³/mol. The minimum Gasteiger partial charge on any atom is -0.338 e. The molecule has 3 aromatic rings. The normalized spacial score (nSPS) is 15.6. The van der Waals surface area contributed by atoms with E-state index in [0.717, 1.165) is 37.6 Å². The lowest BCUT2D eigenvalue weighted by molar-refractivity contribution is 0.211. The summed E-state index contributed by atoms with van der Waals surface area (Å²) in [5.41, 5.74) is 0.886. The average molecular weight is 389 g/mol. The molecule has 0 saturated carbocycles. The van der Waals surface area contributed by atoms with Crippen LogP contribution in [-0.4, -0.2) is 51.4 Å². The molecule has 2 aromatic heterocycles. The first-order valence-electron chi connectivity index (χ1n) is 8.98. The van der Waals surface area contributed by atoms with Gasteiger partial charge in [-0.3, -0.25) is 4.90 Å². The van der Waals surface area contributed by atoms with E-state index in [9.17, 15) is 0 Å². The number of anilines is 1. The monoisotopic (exact) mass is 388 g/mol. The molecule has 1 saturated heterocycles. The highest BCUT2D eigenvalue weighted by atomic mass is 35.5. The second-order valence-electron chi connectivity index (χ2n) is 6.87. The van der Waals surface area contributed by atoms with Crippen molar-refractivity contribution in [2.45, 2.75) is 26.3 Å². The summed E-state index contributed by atoms with van der Waals surface area (Å²) >= 11 is 5.92. The van der Waals surface area contributed by atoms with Gasteiger partial charge >= 0.3 is 6.01 Å². The fraction of sp³-hybridized carbons (Fsp3) is 0.444. The van der Waals surface area contributed by atoms with Gasteiger partial charge in [0.25, 0.3) is 0 Å². The Morgan fingerprint density at radius 2 is 1.74 bits per heavy atom. The fourth-order valence-corrected chi connectivity index (χ4v) is 3.04. The molecule has 0 radical (unpaired) electrons. The van der Waals surface area contributed by atoms with E-state index in [2.05, 4.69) is 43.9 Å². The minimum absolute atomic E-state index is 0.260. The average Bonchev–Trinajstić information content (AvgIpc) is 3.33. The molecule has 0 aliphatic carbocycles. The largest absolute Gasteiger partial charge is 0.338 e. The Hall–Kier alpha value is -2.45. The lowest BCUT2D eigenvalue weighted by Crippen LogP contribution is -2.46. The lowest BCUT2D eigenvalue weighted by atomic mass is 10.2. The van der Waals surface area contributed by atoms with Crippen LogP contribution in [0.1, 0.15) is 31.5 Å². The Bertz CT molecular complexity index is 883. The van der Waals surface area contributed by atoms with Crippen LogP contribution in [0, 0.1) is 0 Å². The fourth-order valence-electron chi connectivity index (χ4n) is 2.91. The SMILES string of the molecule is CC(C)c1noc(N2CCN(Cc3nc(-c4ccc(Cl)cc4)no3)CC2)n1.